The van der Waals surface area contributed by atoms with Crippen LogP contribution in [0.25, 0.3) is 0 Å². The van der Waals surface area contributed by atoms with E-state index < -0.39 is 0 Å². The monoisotopic (exact) mass is 282 g/mol. The minimum absolute atomic E-state index is 0.0273. The van der Waals surface area contributed by atoms with Crippen LogP contribution in [-0.2, 0) is 10.2 Å². The van der Waals surface area contributed by atoms with E-state index in [1.54, 1.807) is 0 Å². The molecule has 1 aromatic carbocycles. The van der Waals surface area contributed by atoms with E-state index in [1.807, 2.05) is 0 Å². The van der Waals surface area contributed by atoms with Crippen LogP contribution < -0.4 is 0 Å². The summed E-state index contributed by atoms with van der Waals surface area (Å²) >= 11 is 0. The third kappa shape index (κ3) is 1.23. The zero-order valence-corrected chi connectivity index (χ0v) is 14.3. The van der Waals surface area contributed by atoms with Gasteiger partial charge in [0.1, 0.15) is 0 Å². The summed E-state index contributed by atoms with van der Waals surface area (Å²) in [5.74, 6) is 0.828. The second-order valence-corrected chi connectivity index (χ2v) is 7.68. The number of allylic oxidation sites excluding steroid dienone is 2. The summed E-state index contributed by atoms with van der Waals surface area (Å²) in [5.41, 5.74) is 4.42. The van der Waals surface area contributed by atoms with Gasteiger partial charge in [0.05, 0.1) is 10.8 Å². The number of ketones is 1. The zero-order chi connectivity index (χ0) is 15.8. The highest BCUT2D eigenvalue weighted by Gasteiger charge is 2.78. The van der Waals surface area contributed by atoms with Crippen LogP contribution in [0.5, 0.6) is 0 Å². The first-order valence-corrected chi connectivity index (χ1v) is 7.93. The highest BCUT2D eigenvalue weighted by molar-refractivity contribution is 6.06. The number of hydrogen-bond acceptors (Lipinski definition) is 1. The molecule has 0 aromatic heterocycles. The molecule has 1 fully saturated rings. The fourth-order valence-electron chi connectivity index (χ4n) is 5.30. The largest absolute Gasteiger partial charge is 0.298 e. The van der Waals surface area contributed by atoms with Crippen LogP contribution in [0.1, 0.15) is 52.7 Å². The van der Waals surface area contributed by atoms with Crippen molar-refractivity contribution in [2.45, 2.75) is 53.9 Å². The van der Waals surface area contributed by atoms with Crippen molar-refractivity contribution in [2.24, 2.45) is 16.7 Å². The number of carbonyl (C=O) groups is 1. The molecule has 4 unspecified atom stereocenters. The molecule has 2 aliphatic rings. The molecule has 0 aliphatic heterocycles. The Labute approximate surface area is 128 Å². The van der Waals surface area contributed by atoms with Gasteiger partial charge in [-0.2, -0.15) is 0 Å². The van der Waals surface area contributed by atoms with Gasteiger partial charge in [0.2, 0.25) is 0 Å². The van der Waals surface area contributed by atoms with Crippen molar-refractivity contribution in [3.63, 3.8) is 0 Å². The topological polar surface area (TPSA) is 17.1 Å². The summed E-state index contributed by atoms with van der Waals surface area (Å²) in [6, 6.07) is 8.54. The van der Waals surface area contributed by atoms with Gasteiger partial charge in [0.25, 0.3) is 0 Å². The van der Waals surface area contributed by atoms with Gasteiger partial charge in [-0.3, -0.25) is 4.79 Å². The van der Waals surface area contributed by atoms with Crippen LogP contribution in [0.15, 0.2) is 35.4 Å². The summed E-state index contributed by atoms with van der Waals surface area (Å²) in [6.07, 6.45) is 0. The highest BCUT2D eigenvalue weighted by atomic mass is 16.1. The van der Waals surface area contributed by atoms with E-state index in [-0.39, 0.29) is 16.2 Å². The number of aryl methyl sites for hydroxylation is 1. The smallest absolute Gasteiger partial charge is 0.154 e. The fourth-order valence-corrected chi connectivity index (χ4v) is 5.30. The summed E-state index contributed by atoms with van der Waals surface area (Å²) in [6.45, 7) is 15.4. The fraction of sp³-hybridized carbons (Fsp3) is 0.550. The standard InChI is InChI=1S/C20H26O/c1-12-8-10-16(11-9-12)19(6)17(21)18(5)14(3)13(2)15(4)20(18,19)7/h8-11,15H,1-7H3. The Morgan fingerprint density at radius 2 is 1.43 bits per heavy atom. The summed E-state index contributed by atoms with van der Waals surface area (Å²) < 4.78 is 0. The van der Waals surface area contributed by atoms with E-state index in [4.69, 9.17) is 0 Å². The minimum atomic E-state index is -0.381. The second kappa shape index (κ2) is 3.88. The number of benzene rings is 1. The van der Waals surface area contributed by atoms with E-state index in [0.29, 0.717) is 11.7 Å². The van der Waals surface area contributed by atoms with Gasteiger partial charge in [-0.05, 0) is 46.1 Å². The number of carbonyl (C=O) groups excluding carboxylic acids is 1. The van der Waals surface area contributed by atoms with Gasteiger partial charge in [-0.15, -0.1) is 0 Å². The van der Waals surface area contributed by atoms with Crippen molar-refractivity contribution in [1.82, 2.24) is 0 Å². The summed E-state index contributed by atoms with van der Waals surface area (Å²) in [4.78, 5) is 13.2. The SMILES string of the molecule is CC1=C(C)C2(C)C(=O)C(C)(c3ccc(C)cc3)C2(C)C1C. The molecule has 1 heteroatoms. The first kappa shape index (κ1) is 14.6. The molecule has 1 nitrogen and oxygen atoms in total. The van der Waals surface area contributed by atoms with E-state index in [1.165, 1.54) is 22.3 Å². The van der Waals surface area contributed by atoms with E-state index in [9.17, 15) is 4.79 Å². The average molecular weight is 282 g/mol. The normalized spacial score (nSPS) is 42.0. The Balaban J connectivity index is 2.20. The molecule has 0 heterocycles. The second-order valence-electron chi connectivity index (χ2n) is 7.68. The molecule has 3 rings (SSSR count). The van der Waals surface area contributed by atoms with Crippen molar-refractivity contribution in [1.29, 1.82) is 0 Å². The van der Waals surface area contributed by atoms with Gasteiger partial charge < -0.3 is 0 Å². The average Bonchev–Trinajstić information content (AvgIpc) is 2.60. The predicted octanol–water partition coefficient (Wildman–Crippen LogP) is 4.83. The van der Waals surface area contributed by atoms with Gasteiger partial charge in [-0.25, -0.2) is 0 Å². The Morgan fingerprint density at radius 3 is 1.95 bits per heavy atom. The van der Waals surface area contributed by atoms with Crippen molar-refractivity contribution < 1.29 is 4.79 Å². The lowest BCUT2D eigenvalue weighted by Crippen LogP contribution is -2.72. The van der Waals surface area contributed by atoms with Gasteiger partial charge in [0.15, 0.2) is 5.78 Å². The maximum atomic E-state index is 13.2. The minimum Gasteiger partial charge on any atom is -0.298 e. The van der Waals surface area contributed by atoms with Crippen LogP contribution >= 0.6 is 0 Å². The molecule has 2 aliphatic carbocycles. The molecule has 0 N–H and O–H groups in total. The number of rotatable bonds is 1. The van der Waals surface area contributed by atoms with Gasteiger partial charge >= 0.3 is 0 Å². The van der Waals surface area contributed by atoms with Crippen molar-refractivity contribution in [3.05, 3.63) is 46.5 Å². The van der Waals surface area contributed by atoms with Crippen LogP contribution in [0, 0.1) is 23.7 Å². The van der Waals surface area contributed by atoms with Crippen molar-refractivity contribution in [3.8, 4) is 0 Å². The van der Waals surface area contributed by atoms with Crippen LogP contribution in [0.2, 0.25) is 0 Å². The quantitative estimate of drug-likeness (QED) is 0.674. The predicted molar refractivity (Wildman–Crippen MR) is 87.3 cm³/mol. The van der Waals surface area contributed by atoms with Crippen LogP contribution in [0.3, 0.4) is 0 Å². The van der Waals surface area contributed by atoms with Crippen molar-refractivity contribution >= 4 is 5.78 Å². The zero-order valence-electron chi connectivity index (χ0n) is 14.3. The first-order valence-electron chi connectivity index (χ1n) is 7.93. The molecular formula is C20H26O. The maximum absolute atomic E-state index is 13.2. The lowest BCUT2D eigenvalue weighted by Gasteiger charge is -2.66. The first-order chi connectivity index (χ1) is 9.63. The maximum Gasteiger partial charge on any atom is 0.154 e. The molecule has 0 saturated heterocycles. The Hall–Kier alpha value is -1.37. The lowest BCUT2D eigenvalue weighted by molar-refractivity contribution is -0.174. The van der Waals surface area contributed by atoms with Crippen LogP contribution in [0.4, 0.5) is 0 Å². The molecule has 112 valence electrons. The third-order valence-corrected chi connectivity index (χ3v) is 7.47. The lowest BCUT2D eigenvalue weighted by atomic mass is 9.34. The van der Waals surface area contributed by atoms with E-state index >= 15 is 0 Å². The molecule has 4 atom stereocenters. The molecule has 0 spiro atoms. The van der Waals surface area contributed by atoms with E-state index in [2.05, 4.69) is 72.7 Å². The van der Waals surface area contributed by atoms with E-state index in [0.717, 1.165) is 0 Å². The molecule has 0 radical (unpaired) electrons. The third-order valence-electron chi connectivity index (χ3n) is 7.47. The van der Waals surface area contributed by atoms with Gasteiger partial charge in [0, 0.05) is 5.41 Å². The summed E-state index contributed by atoms with van der Waals surface area (Å²) in [7, 11) is 0. The van der Waals surface area contributed by atoms with Gasteiger partial charge in [-0.1, -0.05) is 54.8 Å². The molecule has 21 heavy (non-hydrogen) atoms. The molecule has 1 aromatic rings. The number of Topliss-reactive ketones (excluding diaryl/α,β-unsaturated/α-hetero) is 1. The number of hydrogen-bond donors (Lipinski definition) is 0. The Bertz CT molecular complexity index is 666. The van der Waals surface area contributed by atoms with Crippen molar-refractivity contribution in [2.75, 3.05) is 0 Å². The Morgan fingerprint density at radius 1 is 0.905 bits per heavy atom. The summed E-state index contributed by atoms with van der Waals surface area (Å²) in [5, 5.41) is 0. The number of fused-ring (bicyclic) bond motifs is 1. The molecule has 0 bridgehead atoms. The molecule has 1 saturated carbocycles. The Kier molecular flexibility index (Phi) is 2.69. The molecule has 0 amide bonds. The highest BCUT2D eigenvalue weighted by Crippen LogP contribution is 2.76. The van der Waals surface area contributed by atoms with Crippen LogP contribution in [-0.4, -0.2) is 5.78 Å². The molecular weight excluding hydrogens is 256 g/mol.